The van der Waals surface area contributed by atoms with Crippen LogP contribution in [0.4, 0.5) is 5.69 Å². The monoisotopic (exact) mass is 355 g/mol. The smallest absolute Gasteiger partial charge is 0.289 e. The molecule has 2 aromatic rings. The standard InChI is InChI=1S/C20H25N3O3/c1-2-16-5-7-17(8-6-16)21-10-9-19(24)22-11-13-23(14-12-22)20(25)18-4-3-15-26-18/h3-8,15,21H,2,9-14H2,1H3. The van der Waals surface area contributed by atoms with Gasteiger partial charge in [0.15, 0.2) is 5.76 Å². The molecule has 0 unspecified atom stereocenters. The number of benzene rings is 1. The fourth-order valence-corrected chi connectivity index (χ4v) is 3.05. The molecule has 1 aromatic carbocycles. The van der Waals surface area contributed by atoms with Crippen molar-refractivity contribution in [1.29, 1.82) is 0 Å². The molecule has 0 spiro atoms. The number of nitrogens with zero attached hydrogens (tertiary/aromatic N) is 2. The van der Waals surface area contributed by atoms with E-state index in [2.05, 4.69) is 24.4 Å². The van der Waals surface area contributed by atoms with Gasteiger partial charge in [-0.25, -0.2) is 0 Å². The molecule has 26 heavy (non-hydrogen) atoms. The molecule has 1 N–H and O–H groups in total. The Morgan fingerprint density at radius 1 is 1.04 bits per heavy atom. The number of nitrogens with one attached hydrogen (secondary N) is 1. The van der Waals surface area contributed by atoms with Crippen molar-refractivity contribution >= 4 is 17.5 Å². The maximum Gasteiger partial charge on any atom is 0.289 e. The van der Waals surface area contributed by atoms with Crippen molar-refractivity contribution in [3.05, 3.63) is 54.0 Å². The van der Waals surface area contributed by atoms with Gasteiger partial charge in [-0.1, -0.05) is 19.1 Å². The zero-order chi connectivity index (χ0) is 18.4. The quantitative estimate of drug-likeness (QED) is 0.865. The van der Waals surface area contributed by atoms with Gasteiger partial charge in [0, 0.05) is 44.8 Å². The molecule has 3 rings (SSSR count). The van der Waals surface area contributed by atoms with Crippen LogP contribution in [-0.2, 0) is 11.2 Å². The molecule has 1 aliphatic rings. The van der Waals surface area contributed by atoms with E-state index < -0.39 is 0 Å². The van der Waals surface area contributed by atoms with Gasteiger partial charge in [-0.05, 0) is 36.2 Å². The lowest BCUT2D eigenvalue weighted by molar-refractivity contribution is -0.132. The third-order valence-electron chi connectivity index (χ3n) is 4.68. The largest absolute Gasteiger partial charge is 0.459 e. The summed E-state index contributed by atoms with van der Waals surface area (Å²) in [5, 5.41) is 3.29. The molecule has 6 nitrogen and oxygen atoms in total. The van der Waals surface area contributed by atoms with Crippen LogP contribution in [0.25, 0.3) is 0 Å². The number of carbonyl (C=O) groups excluding carboxylic acids is 2. The highest BCUT2D eigenvalue weighted by Crippen LogP contribution is 2.12. The fraction of sp³-hybridized carbons (Fsp3) is 0.400. The van der Waals surface area contributed by atoms with Gasteiger partial charge in [-0.3, -0.25) is 9.59 Å². The first-order valence-corrected chi connectivity index (χ1v) is 9.10. The van der Waals surface area contributed by atoms with Gasteiger partial charge >= 0.3 is 0 Å². The summed E-state index contributed by atoms with van der Waals surface area (Å²) in [6, 6.07) is 11.7. The van der Waals surface area contributed by atoms with Crippen LogP contribution in [0.1, 0.15) is 29.5 Å². The molecule has 1 fully saturated rings. The van der Waals surface area contributed by atoms with Gasteiger partial charge in [-0.2, -0.15) is 0 Å². The maximum absolute atomic E-state index is 12.4. The highest BCUT2D eigenvalue weighted by molar-refractivity contribution is 5.91. The van der Waals surface area contributed by atoms with E-state index in [4.69, 9.17) is 4.42 Å². The number of amides is 2. The number of carbonyl (C=O) groups is 2. The second-order valence-corrected chi connectivity index (χ2v) is 6.38. The van der Waals surface area contributed by atoms with Crippen molar-refractivity contribution in [3.8, 4) is 0 Å². The summed E-state index contributed by atoms with van der Waals surface area (Å²) in [4.78, 5) is 28.1. The Hall–Kier alpha value is -2.76. The van der Waals surface area contributed by atoms with E-state index >= 15 is 0 Å². The number of hydrogen-bond donors (Lipinski definition) is 1. The van der Waals surface area contributed by atoms with Crippen molar-refractivity contribution in [2.45, 2.75) is 19.8 Å². The van der Waals surface area contributed by atoms with Gasteiger partial charge in [0.2, 0.25) is 5.91 Å². The molecule has 138 valence electrons. The van der Waals surface area contributed by atoms with E-state index in [9.17, 15) is 9.59 Å². The van der Waals surface area contributed by atoms with Crippen LogP contribution >= 0.6 is 0 Å². The average molecular weight is 355 g/mol. The van der Waals surface area contributed by atoms with Crippen LogP contribution in [0.5, 0.6) is 0 Å². The fourth-order valence-electron chi connectivity index (χ4n) is 3.05. The lowest BCUT2D eigenvalue weighted by Crippen LogP contribution is -2.50. The van der Waals surface area contributed by atoms with Crippen molar-refractivity contribution in [2.24, 2.45) is 0 Å². The zero-order valence-corrected chi connectivity index (χ0v) is 15.1. The number of hydrogen-bond acceptors (Lipinski definition) is 4. The van der Waals surface area contributed by atoms with Gasteiger partial charge in [-0.15, -0.1) is 0 Å². The van der Waals surface area contributed by atoms with E-state index in [1.54, 1.807) is 17.0 Å². The predicted molar refractivity (Wildman–Crippen MR) is 100 cm³/mol. The summed E-state index contributed by atoms with van der Waals surface area (Å²) in [6.45, 7) is 4.94. The highest BCUT2D eigenvalue weighted by Gasteiger charge is 2.25. The van der Waals surface area contributed by atoms with Crippen molar-refractivity contribution in [2.75, 3.05) is 38.0 Å². The minimum absolute atomic E-state index is 0.112. The van der Waals surface area contributed by atoms with Crippen LogP contribution < -0.4 is 5.32 Å². The highest BCUT2D eigenvalue weighted by atomic mass is 16.3. The first-order chi connectivity index (χ1) is 12.7. The van der Waals surface area contributed by atoms with Crippen molar-refractivity contribution in [3.63, 3.8) is 0 Å². The summed E-state index contributed by atoms with van der Waals surface area (Å²) in [6.07, 6.45) is 2.96. The molecule has 0 bridgehead atoms. The topological polar surface area (TPSA) is 65.8 Å². The number of rotatable bonds is 6. The van der Waals surface area contributed by atoms with Crippen molar-refractivity contribution < 1.29 is 14.0 Å². The summed E-state index contributed by atoms with van der Waals surface area (Å²) in [5.41, 5.74) is 2.33. The summed E-state index contributed by atoms with van der Waals surface area (Å²) < 4.78 is 5.15. The van der Waals surface area contributed by atoms with Crippen LogP contribution in [0.2, 0.25) is 0 Å². The normalized spacial score (nSPS) is 14.3. The molecular weight excluding hydrogens is 330 g/mol. The summed E-state index contributed by atoms with van der Waals surface area (Å²) in [7, 11) is 0. The molecule has 6 heteroatoms. The lowest BCUT2D eigenvalue weighted by atomic mass is 10.1. The minimum atomic E-state index is -0.112. The Kier molecular flexibility index (Phi) is 5.94. The molecule has 2 amide bonds. The van der Waals surface area contributed by atoms with Gasteiger partial charge in [0.1, 0.15) is 0 Å². The average Bonchev–Trinajstić information content (AvgIpc) is 3.23. The third-order valence-corrected chi connectivity index (χ3v) is 4.68. The maximum atomic E-state index is 12.4. The van der Waals surface area contributed by atoms with Crippen LogP contribution in [0, 0.1) is 0 Å². The van der Waals surface area contributed by atoms with Gasteiger partial charge in [0.05, 0.1) is 6.26 Å². The second kappa shape index (κ2) is 8.56. The SMILES string of the molecule is CCc1ccc(NCCC(=O)N2CCN(C(=O)c3ccco3)CC2)cc1. The molecule has 0 aliphatic carbocycles. The molecule has 1 aliphatic heterocycles. The van der Waals surface area contributed by atoms with Gasteiger partial charge in [0.25, 0.3) is 5.91 Å². The van der Waals surface area contributed by atoms with Crippen LogP contribution in [-0.4, -0.2) is 54.3 Å². The number of piperazine rings is 1. The summed E-state index contributed by atoms with van der Waals surface area (Å²) in [5.74, 6) is 0.357. The Bertz CT molecular complexity index is 717. The number of anilines is 1. The molecule has 2 heterocycles. The second-order valence-electron chi connectivity index (χ2n) is 6.38. The predicted octanol–water partition coefficient (Wildman–Crippen LogP) is 2.63. The minimum Gasteiger partial charge on any atom is -0.459 e. The van der Waals surface area contributed by atoms with Crippen LogP contribution in [0.15, 0.2) is 47.1 Å². The zero-order valence-electron chi connectivity index (χ0n) is 15.1. The van der Waals surface area contributed by atoms with E-state index in [1.165, 1.54) is 11.8 Å². The molecule has 0 saturated carbocycles. The molecule has 1 saturated heterocycles. The van der Waals surface area contributed by atoms with E-state index in [0.29, 0.717) is 44.9 Å². The molecule has 0 radical (unpaired) electrons. The Morgan fingerprint density at radius 2 is 1.73 bits per heavy atom. The Labute approximate surface area is 153 Å². The molecule has 1 aromatic heterocycles. The number of aryl methyl sites for hydroxylation is 1. The molecular formula is C20H25N3O3. The Morgan fingerprint density at radius 3 is 2.35 bits per heavy atom. The summed E-state index contributed by atoms with van der Waals surface area (Å²) >= 11 is 0. The first kappa shape index (κ1) is 18.0. The first-order valence-electron chi connectivity index (χ1n) is 9.10. The third kappa shape index (κ3) is 4.45. The lowest BCUT2D eigenvalue weighted by Gasteiger charge is -2.34. The van der Waals surface area contributed by atoms with E-state index in [1.807, 2.05) is 17.0 Å². The number of furan rings is 1. The Balaban J connectivity index is 1.40. The van der Waals surface area contributed by atoms with E-state index in [-0.39, 0.29) is 11.8 Å². The molecule has 0 atom stereocenters. The van der Waals surface area contributed by atoms with Gasteiger partial charge < -0.3 is 19.5 Å². The van der Waals surface area contributed by atoms with Crippen molar-refractivity contribution in [1.82, 2.24) is 9.80 Å². The van der Waals surface area contributed by atoms with E-state index in [0.717, 1.165) is 12.1 Å². The van der Waals surface area contributed by atoms with Crippen LogP contribution in [0.3, 0.4) is 0 Å².